The van der Waals surface area contributed by atoms with Crippen LogP contribution in [0.1, 0.15) is 24.1 Å². The summed E-state index contributed by atoms with van der Waals surface area (Å²) in [6, 6.07) is 7.15. The molecule has 3 atom stereocenters. The fraction of sp³-hybridized carbons (Fsp3) is 0.217. The minimum atomic E-state index is -0.503. The van der Waals surface area contributed by atoms with Crippen molar-refractivity contribution in [3.63, 3.8) is 0 Å². The zero-order valence-corrected chi connectivity index (χ0v) is 17.1. The van der Waals surface area contributed by atoms with Crippen LogP contribution in [0.15, 0.2) is 49.1 Å². The van der Waals surface area contributed by atoms with Crippen molar-refractivity contribution in [2.75, 3.05) is 11.1 Å². The standard InChI is InChI=1S/C23H21FN6O/c1-11-3-5-26-9-15(11)14-7-13-8-18(27-10-16(13)22(25)21(14)24)29-23(31)20-12(2)19(20)17-4-6-28-30-17/h3-10,12,19-20H,25H2,1-2H3,(H,28,30)(H,27,29,31)/t12-,19-,20+/m1/s1. The van der Waals surface area contributed by atoms with Gasteiger partial charge in [-0.2, -0.15) is 5.10 Å². The number of nitrogen functional groups attached to an aromatic ring is 1. The monoisotopic (exact) mass is 416 g/mol. The van der Waals surface area contributed by atoms with Gasteiger partial charge in [0.05, 0.1) is 11.6 Å². The molecule has 3 aromatic heterocycles. The highest BCUT2D eigenvalue weighted by Crippen LogP contribution is 2.53. The minimum absolute atomic E-state index is 0.0243. The molecule has 1 saturated carbocycles. The third-order valence-electron chi connectivity index (χ3n) is 6.14. The Kier molecular flexibility index (Phi) is 4.43. The number of pyridine rings is 2. The van der Waals surface area contributed by atoms with E-state index in [0.29, 0.717) is 27.7 Å². The molecule has 5 rings (SSSR count). The zero-order valence-electron chi connectivity index (χ0n) is 17.1. The van der Waals surface area contributed by atoms with Crippen molar-refractivity contribution in [2.24, 2.45) is 11.8 Å². The molecule has 4 N–H and O–H groups in total. The molecule has 0 radical (unpaired) electrons. The molecule has 4 aromatic rings. The Bertz CT molecular complexity index is 1300. The lowest BCUT2D eigenvalue weighted by Gasteiger charge is -2.12. The summed E-state index contributed by atoms with van der Waals surface area (Å²) in [6.45, 7) is 3.93. The van der Waals surface area contributed by atoms with Crippen molar-refractivity contribution in [1.29, 1.82) is 0 Å². The number of aromatic amines is 1. The number of aromatic nitrogens is 4. The van der Waals surface area contributed by atoms with Crippen molar-refractivity contribution in [2.45, 2.75) is 19.8 Å². The number of aryl methyl sites for hydroxylation is 1. The molecule has 3 heterocycles. The number of hydrogen-bond donors (Lipinski definition) is 3. The molecule has 1 aliphatic rings. The van der Waals surface area contributed by atoms with Crippen LogP contribution in [0.2, 0.25) is 0 Å². The Balaban J connectivity index is 1.47. The summed E-state index contributed by atoms with van der Waals surface area (Å²) in [6.07, 6.45) is 6.46. The predicted molar refractivity (Wildman–Crippen MR) is 117 cm³/mol. The van der Waals surface area contributed by atoms with Gasteiger partial charge in [0, 0.05) is 52.9 Å². The van der Waals surface area contributed by atoms with E-state index >= 15 is 0 Å². The molecular weight excluding hydrogens is 395 g/mol. The molecule has 0 aliphatic heterocycles. The van der Waals surface area contributed by atoms with E-state index in [1.54, 1.807) is 30.7 Å². The Hall–Kier alpha value is -3.81. The molecular formula is C23H21FN6O. The highest BCUT2D eigenvalue weighted by atomic mass is 19.1. The smallest absolute Gasteiger partial charge is 0.229 e. The summed E-state index contributed by atoms with van der Waals surface area (Å²) in [4.78, 5) is 21.2. The number of nitrogens with two attached hydrogens (primary N) is 1. The number of amides is 1. The number of fused-ring (bicyclic) bond motifs is 1. The number of anilines is 2. The summed E-state index contributed by atoms with van der Waals surface area (Å²) < 4.78 is 15.0. The second kappa shape index (κ2) is 7.16. The van der Waals surface area contributed by atoms with Crippen LogP contribution in [0, 0.1) is 24.6 Å². The van der Waals surface area contributed by atoms with Gasteiger partial charge >= 0.3 is 0 Å². The van der Waals surface area contributed by atoms with Crippen LogP contribution in [0.3, 0.4) is 0 Å². The molecule has 1 aliphatic carbocycles. The first-order valence-electron chi connectivity index (χ1n) is 10.0. The number of benzene rings is 1. The Labute approximate surface area is 177 Å². The van der Waals surface area contributed by atoms with Crippen LogP contribution in [0.4, 0.5) is 15.9 Å². The first-order chi connectivity index (χ1) is 15.0. The van der Waals surface area contributed by atoms with Crippen LogP contribution in [0.5, 0.6) is 0 Å². The summed E-state index contributed by atoms with van der Waals surface area (Å²) in [5, 5.41) is 11.0. The van der Waals surface area contributed by atoms with E-state index in [2.05, 4.69) is 25.5 Å². The van der Waals surface area contributed by atoms with E-state index in [1.165, 1.54) is 6.20 Å². The summed E-state index contributed by atoms with van der Waals surface area (Å²) in [5.41, 5.74) is 8.99. The molecule has 0 saturated heterocycles. The van der Waals surface area contributed by atoms with Crippen LogP contribution >= 0.6 is 0 Å². The van der Waals surface area contributed by atoms with Crippen molar-refractivity contribution in [3.05, 3.63) is 66.1 Å². The quantitative estimate of drug-likeness (QED) is 0.435. The second-order valence-corrected chi connectivity index (χ2v) is 8.04. The number of H-pyrrole nitrogens is 1. The van der Waals surface area contributed by atoms with Crippen molar-refractivity contribution < 1.29 is 9.18 Å². The maximum Gasteiger partial charge on any atom is 0.229 e. The fourth-order valence-corrected chi connectivity index (χ4v) is 4.31. The van der Waals surface area contributed by atoms with Crippen molar-refractivity contribution in [1.82, 2.24) is 20.2 Å². The SMILES string of the molecule is Cc1ccncc1-c1cc2cc(NC(=O)[C@H]3[C@H](C)[C@@H]3c3ccn[nH]3)ncc2c(N)c1F. The van der Waals surface area contributed by atoms with Gasteiger partial charge in [0.1, 0.15) is 5.82 Å². The number of rotatable bonds is 4. The fourth-order valence-electron chi connectivity index (χ4n) is 4.31. The molecule has 1 amide bonds. The minimum Gasteiger partial charge on any atom is -0.396 e. The van der Waals surface area contributed by atoms with Gasteiger partial charge in [0.25, 0.3) is 0 Å². The first kappa shape index (κ1) is 19.2. The number of hydrogen-bond acceptors (Lipinski definition) is 5. The van der Waals surface area contributed by atoms with Crippen LogP contribution in [-0.4, -0.2) is 26.1 Å². The van der Waals surface area contributed by atoms with Gasteiger partial charge in [-0.3, -0.25) is 14.9 Å². The highest BCUT2D eigenvalue weighted by Gasteiger charge is 2.53. The maximum atomic E-state index is 15.0. The van der Waals surface area contributed by atoms with Crippen LogP contribution < -0.4 is 11.1 Å². The lowest BCUT2D eigenvalue weighted by Crippen LogP contribution is -2.16. The number of nitrogens with zero attached hydrogens (tertiary/aromatic N) is 3. The van der Waals surface area contributed by atoms with E-state index in [1.807, 2.05) is 26.0 Å². The van der Waals surface area contributed by atoms with E-state index in [0.717, 1.165) is 11.3 Å². The summed E-state index contributed by atoms with van der Waals surface area (Å²) >= 11 is 0. The van der Waals surface area contributed by atoms with Crippen LogP contribution in [0.25, 0.3) is 21.9 Å². The number of halogens is 1. The number of nitrogens with one attached hydrogen (secondary N) is 2. The van der Waals surface area contributed by atoms with Gasteiger partial charge in [0.2, 0.25) is 5.91 Å². The maximum absolute atomic E-state index is 15.0. The van der Waals surface area contributed by atoms with Gasteiger partial charge in [-0.15, -0.1) is 0 Å². The Morgan fingerprint density at radius 3 is 2.77 bits per heavy atom. The van der Waals surface area contributed by atoms with Crippen molar-refractivity contribution in [3.8, 4) is 11.1 Å². The third kappa shape index (κ3) is 3.20. The normalized spacial score (nSPS) is 20.0. The van der Waals surface area contributed by atoms with E-state index < -0.39 is 5.82 Å². The Morgan fingerprint density at radius 2 is 2.03 bits per heavy atom. The molecule has 1 aromatic carbocycles. The average Bonchev–Trinajstić information content (AvgIpc) is 3.16. The second-order valence-electron chi connectivity index (χ2n) is 8.04. The molecule has 0 unspecified atom stereocenters. The van der Waals surface area contributed by atoms with Gasteiger partial charge in [-0.25, -0.2) is 9.37 Å². The van der Waals surface area contributed by atoms with Crippen LogP contribution in [-0.2, 0) is 4.79 Å². The topological polar surface area (TPSA) is 110 Å². The zero-order chi connectivity index (χ0) is 21.7. The lowest BCUT2D eigenvalue weighted by molar-refractivity contribution is -0.117. The van der Waals surface area contributed by atoms with Gasteiger partial charge in [0.15, 0.2) is 5.82 Å². The molecule has 8 heteroatoms. The van der Waals surface area contributed by atoms with Gasteiger partial charge in [-0.05, 0) is 48.1 Å². The lowest BCUT2D eigenvalue weighted by atomic mass is 9.98. The van der Waals surface area contributed by atoms with E-state index in [4.69, 9.17) is 5.73 Å². The number of carbonyl (C=O) groups excluding carboxylic acids is 1. The Morgan fingerprint density at radius 1 is 1.19 bits per heavy atom. The summed E-state index contributed by atoms with van der Waals surface area (Å²) in [7, 11) is 0. The first-order valence-corrected chi connectivity index (χ1v) is 10.0. The molecule has 0 bridgehead atoms. The predicted octanol–water partition coefficient (Wildman–Crippen LogP) is 4.04. The third-order valence-corrected chi connectivity index (χ3v) is 6.14. The summed E-state index contributed by atoms with van der Waals surface area (Å²) in [5.74, 6) is -0.0166. The molecule has 0 spiro atoms. The largest absolute Gasteiger partial charge is 0.396 e. The molecule has 31 heavy (non-hydrogen) atoms. The van der Waals surface area contributed by atoms with E-state index in [9.17, 15) is 9.18 Å². The highest BCUT2D eigenvalue weighted by molar-refractivity contribution is 6.00. The number of carbonyl (C=O) groups is 1. The molecule has 1 fully saturated rings. The van der Waals surface area contributed by atoms with Crippen molar-refractivity contribution >= 4 is 28.2 Å². The van der Waals surface area contributed by atoms with Gasteiger partial charge < -0.3 is 11.1 Å². The molecule has 7 nitrogen and oxygen atoms in total. The van der Waals surface area contributed by atoms with E-state index in [-0.39, 0.29) is 29.3 Å². The average molecular weight is 416 g/mol. The van der Waals surface area contributed by atoms with Gasteiger partial charge in [-0.1, -0.05) is 6.92 Å². The molecule has 156 valence electrons.